The molecule has 0 radical (unpaired) electrons. The van der Waals surface area contributed by atoms with Gasteiger partial charge in [0.1, 0.15) is 12.1 Å². The van der Waals surface area contributed by atoms with Crippen molar-refractivity contribution in [3.05, 3.63) is 42.7 Å². The molecule has 1 saturated carbocycles. The Morgan fingerprint density at radius 1 is 1.24 bits per heavy atom. The van der Waals surface area contributed by atoms with E-state index in [0.717, 1.165) is 50.9 Å². The lowest BCUT2D eigenvalue weighted by Gasteiger charge is -2.47. The third kappa shape index (κ3) is 5.67. The van der Waals surface area contributed by atoms with Crippen LogP contribution < -0.4 is 10.6 Å². The summed E-state index contributed by atoms with van der Waals surface area (Å²) in [4.78, 5) is 22.8. The van der Waals surface area contributed by atoms with Crippen LogP contribution in [0.3, 0.4) is 0 Å². The lowest BCUT2D eigenvalue weighted by Crippen LogP contribution is -2.63. The van der Waals surface area contributed by atoms with E-state index in [4.69, 9.17) is 0 Å². The predicted molar refractivity (Wildman–Crippen MR) is 123 cm³/mol. The van der Waals surface area contributed by atoms with Gasteiger partial charge < -0.3 is 15.7 Å². The molecule has 2 heterocycles. The molecule has 184 valence electrons. The molecule has 1 aliphatic carbocycles. The number of amides is 1. The van der Waals surface area contributed by atoms with Gasteiger partial charge in [0.2, 0.25) is 5.91 Å². The quantitative estimate of drug-likeness (QED) is 0.506. The molecule has 1 atom stereocenters. The molecule has 1 aromatic carbocycles. The molecule has 4 rings (SSSR count). The number of aromatic nitrogens is 2. The maximum absolute atomic E-state index is 13.1. The number of carbonyl (C=O) groups is 1. The van der Waals surface area contributed by atoms with E-state index in [9.17, 15) is 23.1 Å². The second-order valence-corrected chi connectivity index (χ2v) is 9.18. The van der Waals surface area contributed by atoms with Gasteiger partial charge in [-0.2, -0.15) is 13.2 Å². The topological polar surface area (TPSA) is 90.4 Å². The van der Waals surface area contributed by atoms with Gasteiger partial charge in [-0.05, 0) is 56.2 Å². The van der Waals surface area contributed by atoms with Crippen LogP contribution in [0.15, 0.2) is 37.2 Å². The number of nitrogens with zero attached hydrogens (tertiary/aromatic N) is 3. The fraction of sp³-hybridized carbons (Fsp3) is 0.542. The summed E-state index contributed by atoms with van der Waals surface area (Å²) in [7, 11) is 0. The Morgan fingerprint density at radius 3 is 2.65 bits per heavy atom. The van der Waals surface area contributed by atoms with Crippen molar-refractivity contribution >= 4 is 22.6 Å². The van der Waals surface area contributed by atoms with Crippen LogP contribution in [-0.4, -0.2) is 63.7 Å². The van der Waals surface area contributed by atoms with E-state index in [1.807, 2.05) is 0 Å². The van der Waals surface area contributed by atoms with Crippen LogP contribution in [-0.2, 0) is 11.0 Å². The van der Waals surface area contributed by atoms with Crippen molar-refractivity contribution in [1.82, 2.24) is 20.2 Å². The second kappa shape index (κ2) is 10.3. The van der Waals surface area contributed by atoms with Crippen molar-refractivity contribution in [2.45, 2.75) is 56.5 Å². The Balaban J connectivity index is 1.23. The van der Waals surface area contributed by atoms with Crippen LogP contribution in [0.25, 0.3) is 10.9 Å². The maximum atomic E-state index is 13.1. The highest BCUT2D eigenvalue weighted by Crippen LogP contribution is 2.33. The molecule has 1 aromatic heterocycles. The number of carbonyl (C=O) groups excluding carboxylic acids is 1. The first-order valence-corrected chi connectivity index (χ1v) is 11.6. The van der Waals surface area contributed by atoms with E-state index in [1.165, 1.54) is 12.4 Å². The fourth-order valence-electron chi connectivity index (χ4n) is 4.93. The van der Waals surface area contributed by atoms with Crippen molar-refractivity contribution in [1.29, 1.82) is 0 Å². The van der Waals surface area contributed by atoms with Crippen molar-refractivity contribution < 1.29 is 23.1 Å². The summed E-state index contributed by atoms with van der Waals surface area (Å²) in [5.74, 6) is 0.290. The Labute approximate surface area is 196 Å². The number of rotatable bonds is 8. The summed E-state index contributed by atoms with van der Waals surface area (Å²) in [5, 5.41) is 16.2. The largest absolute Gasteiger partial charge is 0.416 e. The standard InChI is InChI=1S/C24H30F3N5O2/c1-2-3-21(33)15-4-7-18(8-5-15)32-12-17(13-32)31-22(34)11-28-23-19-10-16(24(25,26)27)6-9-20(19)29-14-30-23/h2,6,9-10,14-15,17-18,21,33H,1,3-5,7-8,11-13H2,(H,31,34)(H,28,29,30). The van der Waals surface area contributed by atoms with Gasteiger partial charge in [0.15, 0.2) is 0 Å². The van der Waals surface area contributed by atoms with Crippen LogP contribution in [0.5, 0.6) is 0 Å². The maximum Gasteiger partial charge on any atom is 0.416 e. The molecular weight excluding hydrogens is 447 g/mol. The van der Waals surface area contributed by atoms with Crippen LogP contribution in [0.2, 0.25) is 0 Å². The number of aliphatic hydroxyl groups excluding tert-OH is 1. The zero-order valence-corrected chi connectivity index (χ0v) is 18.9. The van der Waals surface area contributed by atoms with E-state index in [-0.39, 0.29) is 35.8 Å². The Bertz CT molecular complexity index is 1020. The van der Waals surface area contributed by atoms with E-state index < -0.39 is 11.7 Å². The van der Waals surface area contributed by atoms with Crippen molar-refractivity contribution in [3.63, 3.8) is 0 Å². The SMILES string of the molecule is C=CCC(O)C1CCC(N2CC(NC(=O)CNc3ncnc4ccc(C(F)(F)F)cc34)C2)CC1. The van der Waals surface area contributed by atoms with E-state index in [2.05, 4.69) is 32.1 Å². The summed E-state index contributed by atoms with van der Waals surface area (Å²) in [6, 6.07) is 3.79. The molecule has 7 nitrogen and oxygen atoms in total. The molecular formula is C24H30F3N5O2. The zero-order valence-electron chi connectivity index (χ0n) is 18.9. The van der Waals surface area contributed by atoms with Gasteiger partial charge in [-0.3, -0.25) is 9.69 Å². The molecule has 0 spiro atoms. The minimum Gasteiger partial charge on any atom is -0.393 e. The molecule has 34 heavy (non-hydrogen) atoms. The summed E-state index contributed by atoms with van der Waals surface area (Å²) < 4.78 is 39.2. The number of hydrogen-bond donors (Lipinski definition) is 3. The minimum atomic E-state index is -4.47. The van der Waals surface area contributed by atoms with Gasteiger partial charge in [-0.1, -0.05) is 6.08 Å². The van der Waals surface area contributed by atoms with Gasteiger partial charge in [0.25, 0.3) is 0 Å². The van der Waals surface area contributed by atoms with Gasteiger partial charge >= 0.3 is 6.18 Å². The van der Waals surface area contributed by atoms with Gasteiger partial charge in [0, 0.05) is 24.5 Å². The molecule has 2 fully saturated rings. The Morgan fingerprint density at radius 2 is 1.97 bits per heavy atom. The number of benzene rings is 1. The number of anilines is 1. The second-order valence-electron chi connectivity index (χ2n) is 9.18. The summed E-state index contributed by atoms with van der Waals surface area (Å²) in [5.41, 5.74) is -0.423. The van der Waals surface area contributed by atoms with Crippen LogP contribution in [0.4, 0.5) is 19.0 Å². The summed E-state index contributed by atoms with van der Waals surface area (Å²) in [6.07, 6.45) is 2.96. The fourth-order valence-corrected chi connectivity index (χ4v) is 4.93. The zero-order chi connectivity index (χ0) is 24.3. The molecule has 1 unspecified atom stereocenters. The number of likely N-dealkylation sites (tertiary alicyclic amines) is 1. The highest BCUT2D eigenvalue weighted by Gasteiger charge is 2.36. The molecule has 10 heteroatoms. The number of nitrogens with one attached hydrogen (secondary N) is 2. The molecule has 2 aliphatic rings. The van der Waals surface area contributed by atoms with Crippen molar-refractivity contribution in [3.8, 4) is 0 Å². The smallest absolute Gasteiger partial charge is 0.393 e. The van der Waals surface area contributed by atoms with Crippen molar-refractivity contribution in [2.24, 2.45) is 5.92 Å². The van der Waals surface area contributed by atoms with E-state index in [1.54, 1.807) is 6.08 Å². The molecule has 1 amide bonds. The third-order valence-electron chi connectivity index (χ3n) is 6.86. The molecule has 1 saturated heterocycles. The lowest BCUT2D eigenvalue weighted by atomic mass is 9.80. The minimum absolute atomic E-state index is 0.0531. The first kappa shape index (κ1) is 24.4. The third-order valence-corrected chi connectivity index (χ3v) is 6.86. The first-order chi connectivity index (χ1) is 16.2. The number of aliphatic hydroxyl groups is 1. The Hall–Kier alpha value is -2.72. The average Bonchev–Trinajstić information content (AvgIpc) is 2.79. The van der Waals surface area contributed by atoms with Crippen LogP contribution >= 0.6 is 0 Å². The Kier molecular flexibility index (Phi) is 7.37. The highest BCUT2D eigenvalue weighted by atomic mass is 19.4. The summed E-state index contributed by atoms with van der Waals surface area (Å²) in [6.45, 7) is 5.16. The monoisotopic (exact) mass is 477 g/mol. The van der Waals surface area contributed by atoms with Gasteiger partial charge in [-0.25, -0.2) is 9.97 Å². The molecule has 2 aromatic rings. The molecule has 3 N–H and O–H groups in total. The average molecular weight is 478 g/mol. The summed E-state index contributed by atoms with van der Waals surface area (Å²) >= 11 is 0. The lowest BCUT2D eigenvalue weighted by molar-refractivity contribution is -0.137. The number of fused-ring (bicyclic) bond motifs is 1. The number of hydrogen-bond acceptors (Lipinski definition) is 6. The number of alkyl halides is 3. The van der Waals surface area contributed by atoms with Gasteiger partial charge in [0.05, 0.1) is 29.8 Å². The van der Waals surface area contributed by atoms with E-state index in [0.29, 0.717) is 23.9 Å². The van der Waals surface area contributed by atoms with Crippen LogP contribution in [0, 0.1) is 5.92 Å². The number of halogens is 3. The van der Waals surface area contributed by atoms with Crippen molar-refractivity contribution in [2.75, 3.05) is 25.0 Å². The molecule has 0 bridgehead atoms. The van der Waals surface area contributed by atoms with Gasteiger partial charge in [-0.15, -0.1) is 6.58 Å². The molecule has 1 aliphatic heterocycles. The normalized spacial score (nSPS) is 22.7. The first-order valence-electron chi connectivity index (χ1n) is 11.6. The predicted octanol–water partition coefficient (Wildman–Crippen LogP) is 3.36. The van der Waals surface area contributed by atoms with Crippen LogP contribution in [0.1, 0.15) is 37.7 Å². The van der Waals surface area contributed by atoms with E-state index >= 15 is 0 Å². The highest BCUT2D eigenvalue weighted by molar-refractivity contribution is 5.91.